The average molecular weight is 284 g/mol. The molecule has 0 nitrogen and oxygen atoms in total. The van der Waals surface area contributed by atoms with Crippen LogP contribution in [0.4, 0.5) is 26.3 Å². The molecule has 0 aliphatic carbocycles. The molecule has 1 rings (SSSR count). The fraction of sp³-hybridized carbons (Fsp3) is 0.538. The summed E-state index contributed by atoms with van der Waals surface area (Å²) in [5, 5.41) is 0. The Balaban J connectivity index is 3.80. The fourth-order valence-electron chi connectivity index (χ4n) is 2.04. The molecule has 0 saturated heterocycles. The van der Waals surface area contributed by atoms with Gasteiger partial charge in [0.05, 0.1) is 11.1 Å². The van der Waals surface area contributed by atoms with E-state index in [1.54, 1.807) is 0 Å². The lowest BCUT2D eigenvalue weighted by Gasteiger charge is -2.28. The highest BCUT2D eigenvalue weighted by Gasteiger charge is 2.43. The molecule has 0 spiro atoms. The van der Waals surface area contributed by atoms with Gasteiger partial charge in [0.15, 0.2) is 0 Å². The van der Waals surface area contributed by atoms with Crippen molar-refractivity contribution in [2.75, 3.05) is 0 Å². The molecule has 1 aromatic rings. The van der Waals surface area contributed by atoms with Crippen LogP contribution in [0, 0.1) is 6.92 Å². The number of rotatable bonds is 0. The third-order valence-electron chi connectivity index (χ3n) is 2.64. The second kappa shape index (κ2) is 4.42. The van der Waals surface area contributed by atoms with Gasteiger partial charge in [0.2, 0.25) is 0 Å². The summed E-state index contributed by atoms with van der Waals surface area (Å²) in [6, 6.07) is 1.52. The maximum Gasteiger partial charge on any atom is 0.416 e. The molecule has 108 valence electrons. The molecule has 0 heterocycles. The molecule has 0 amide bonds. The van der Waals surface area contributed by atoms with Gasteiger partial charge in [-0.1, -0.05) is 20.8 Å². The van der Waals surface area contributed by atoms with E-state index in [0.717, 1.165) is 12.1 Å². The van der Waals surface area contributed by atoms with Crippen molar-refractivity contribution in [2.45, 2.75) is 45.5 Å². The van der Waals surface area contributed by atoms with Crippen molar-refractivity contribution in [3.63, 3.8) is 0 Å². The first kappa shape index (κ1) is 15.9. The molecule has 19 heavy (non-hydrogen) atoms. The third-order valence-corrected chi connectivity index (χ3v) is 2.64. The molecule has 0 radical (unpaired) electrons. The average Bonchev–Trinajstić information content (AvgIpc) is 2.11. The molecule has 1 aromatic carbocycles. The van der Waals surface area contributed by atoms with E-state index in [2.05, 4.69) is 0 Å². The highest BCUT2D eigenvalue weighted by Crippen LogP contribution is 2.44. The molecule has 6 heteroatoms. The Morgan fingerprint density at radius 3 is 1.26 bits per heavy atom. The van der Waals surface area contributed by atoms with Crippen LogP contribution in [0.1, 0.15) is 43.0 Å². The minimum Gasteiger partial charge on any atom is -0.166 e. The normalized spacial score (nSPS) is 13.8. The van der Waals surface area contributed by atoms with E-state index >= 15 is 0 Å². The molecule has 0 N–H and O–H groups in total. The first-order valence-corrected chi connectivity index (χ1v) is 5.54. The maximum absolute atomic E-state index is 13.0. The van der Waals surface area contributed by atoms with Gasteiger partial charge in [-0.2, -0.15) is 26.3 Å². The Labute approximate surface area is 107 Å². The van der Waals surface area contributed by atoms with Crippen LogP contribution in [-0.2, 0) is 17.8 Å². The number of hydrogen-bond acceptors (Lipinski definition) is 0. The number of hydrogen-bond donors (Lipinski definition) is 0. The molecule has 0 unspecified atom stereocenters. The predicted molar refractivity (Wildman–Crippen MR) is 59.9 cm³/mol. The molecular formula is C13H14F6. The van der Waals surface area contributed by atoms with Crippen LogP contribution in [0.3, 0.4) is 0 Å². The summed E-state index contributed by atoms with van der Waals surface area (Å²) in [4.78, 5) is 0. The van der Waals surface area contributed by atoms with Gasteiger partial charge in [0.25, 0.3) is 0 Å². The Bertz CT molecular complexity index is 438. The maximum atomic E-state index is 13.0. The zero-order valence-electron chi connectivity index (χ0n) is 10.9. The van der Waals surface area contributed by atoms with E-state index in [9.17, 15) is 26.3 Å². The Morgan fingerprint density at radius 2 is 1.05 bits per heavy atom. The summed E-state index contributed by atoms with van der Waals surface area (Å²) in [6.07, 6.45) is -9.62. The summed E-state index contributed by atoms with van der Waals surface area (Å²) in [5.74, 6) is 0. The number of aryl methyl sites for hydroxylation is 1. The second-order valence-electron chi connectivity index (χ2n) is 5.48. The van der Waals surface area contributed by atoms with Gasteiger partial charge in [-0.15, -0.1) is 0 Å². The molecule has 0 bridgehead atoms. The number of halogens is 6. The molecule has 0 fully saturated rings. The Kier molecular flexibility index (Phi) is 3.69. The lowest BCUT2D eigenvalue weighted by Crippen LogP contribution is -2.25. The largest absolute Gasteiger partial charge is 0.416 e. The van der Waals surface area contributed by atoms with Crippen molar-refractivity contribution in [2.24, 2.45) is 0 Å². The highest BCUT2D eigenvalue weighted by molar-refractivity contribution is 5.46. The van der Waals surface area contributed by atoms with E-state index in [1.807, 2.05) is 0 Å². The number of alkyl halides is 6. The van der Waals surface area contributed by atoms with Crippen LogP contribution in [-0.4, -0.2) is 0 Å². The van der Waals surface area contributed by atoms with E-state index in [0.29, 0.717) is 0 Å². The van der Waals surface area contributed by atoms with Crippen LogP contribution >= 0.6 is 0 Å². The quantitative estimate of drug-likeness (QED) is 0.565. The predicted octanol–water partition coefficient (Wildman–Crippen LogP) is 5.33. The third kappa shape index (κ3) is 3.42. The van der Waals surface area contributed by atoms with Crippen molar-refractivity contribution in [3.8, 4) is 0 Å². The van der Waals surface area contributed by atoms with Gasteiger partial charge in [0.1, 0.15) is 0 Å². The van der Waals surface area contributed by atoms with Crippen LogP contribution in [0.2, 0.25) is 0 Å². The van der Waals surface area contributed by atoms with Crippen molar-refractivity contribution >= 4 is 0 Å². The van der Waals surface area contributed by atoms with E-state index in [-0.39, 0.29) is 5.56 Å². The standard InChI is InChI=1S/C13H14F6/c1-7-5-8(12(14,15)16)10(11(2,3)4)9(6-7)13(17,18)19/h5-6H,1-4H3. The topological polar surface area (TPSA) is 0 Å². The van der Waals surface area contributed by atoms with Gasteiger partial charge in [0, 0.05) is 0 Å². The SMILES string of the molecule is Cc1cc(C(F)(F)F)c(C(C)(C)C)c(C(F)(F)F)c1. The first-order chi connectivity index (χ1) is 8.24. The first-order valence-electron chi connectivity index (χ1n) is 5.54. The van der Waals surface area contributed by atoms with E-state index in [4.69, 9.17) is 0 Å². The Morgan fingerprint density at radius 1 is 0.737 bits per heavy atom. The molecule has 0 saturated carbocycles. The lowest BCUT2D eigenvalue weighted by atomic mass is 9.79. The van der Waals surface area contributed by atoms with E-state index < -0.39 is 34.5 Å². The summed E-state index contributed by atoms with van der Waals surface area (Å²) >= 11 is 0. The van der Waals surface area contributed by atoms with Gasteiger partial charge >= 0.3 is 12.4 Å². The van der Waals surface area contributed by atoms with Gasteiger partial charge in [-0.25, -0.2) is 0 Å². The lowest BCUT2D eigenvalue weighted by molar-refractivity contribution is -0.145. The number of benzene rings is 1. The smallest absolute Gasteiger partial charge is 0.166 e. The summed E-state index contributed by atoms with van der Waals surface area (Å²) < 4.78 is 77.8. The van der Waals surface area contributed by atoms with Crippen molar-refractivity contribution in [3.05, 3.63) is 34.4 Å². The molecule has 0 aromatic heterocycles. The Hall–Kier alpha value is -1.20. The molecule has 0 aliphatic rings. The molecule has 0 atom stereocenters. The van der Waals surface area contributed by atoms with Gasteiger partial charge in [-0.05, 0) is 35.6 Å². The molecule has 0 aliphatic heterocycles. The summed E-state index contributed by atoms with van der Waals surface area (Å²) in [7, 11) is 0. The van der Waals surface area contributed by atoms with Crippen LogP contribution in [0.15, 0.2) is 12.1 Å². The van der Waals surface area contributed by atoms with Crippen molar-refractivity contribution < 1.29 is 26.3 Å². The van der Waals surface area contributed by atoms with Gasteiger partial charge < -0.3 is 0 Å². The van der Waals surface area contributed by atoms with Crippen LogP contribution < -0.4 is 0 Å². The van der Waals surface area contributed by atoms with Gasteiger partial charge in [-0.3, -0.25) is 0 Å². The minimum absolute atomic E-state index is 0.0624. The van der Waals surface area contributed by atoms with Crippen molar-refractivity contribution in [1.29, 1.82) is 0 Å². The molecular weight excluding hydrogens is 270 g/mol. The second-order valence-corrected chi connectivity index (χ2v) is 5.48. The van der Waals surface area contributed by atoms with Crippen LogP contribution in [0.5, 0.6) is 0 Å². The summed E-state index contributed by atoms with van der Waals surface area (Å²) in [6.45, 7) is 5.23. The monoisotopic (exact) mass is 284 g/mol. The minimum atomic E-state index is -4.81. The van der Waals surface area contributed by atoms with E-state index in [1.165, 1.54) is 27.7 Å². The fourth-order valence-corrected chi connectivity index (χ4v) is 2.04. The zero-order valence-corrected chi connectivity index (χ0v) is 10.9. The summed E-state index contributed by atoms with van der Waals surface area (Å²) in [5.41, 5.74) is -4.46. The van der Waals surface area contributed by atoms with Crippen LogP contribution in [0.25, 0.3) is 0 Å². The van der Waals surface area contributed by atoms with Crippen molar-refractivity contribution in [1.82, 2.24) is 0 Å². The highest BCUT2D eigenvalue weighted by atomic mass is 19.4. The zero-order chi connectivity index (χ0) is 15.2.